The Kier molecular flexibility index (Phi) is 5.64. The Hall–Kier alpha value is -3.28. The van der Waals surface area contributed by atoms with E-state index in [4.69, 9.17) is 16.7 Å². The van der Waals surface area contributed by atoms with Crippen molar-refractivity contribution >= 4 is 39.2 Å². The first-order valence-corrected chi connectivity index (χ1v) is 10.0. The molecule has 0 atom stereocenters. The Morgan fingerprint density at radius 3 is 2.59 bits per heavy atom. The average molecular weight is 435 g/mol. The minimum absolute atomic E-state index is 0.0112. The van der Waals surface area contributed by atoms with E-state index in [2.05, 4.69) is 15.6 Å². The van der Waals surface area contributed by atoms with E-state index in [1.807, 2.05) is 30.3 Å². The highest BCUT2D eigenvalue weighted by Crippen LogP contribution is 2.27. The molecule has 0 bridgehead atoms. The van der Waals surface area contributed by atoms with Crippen molar-refractivity contribution in [2.24, 2.45) is 10.2 Å². The smallest absolute Gasteiger partial charge is 0.272 e. The summed E-state index contributed by atoms with van der Waals surface area (Å²) in [6.07, 6.45) is 1.38. The second-order valence-electron chi connectivity index (χ2n) is 5.89. The van der Waals surface area contributed by atoms with Crippen LogP contribution in [0.25, 0.3) is 5.69 Å². The molecular weight excluding hydrogens is 420 g/mol. The Labute approximate surface area is 170 Å². The summed E-state index contributed by atoms with van der Waals surface area (Å²) in [7, 11) is -4.07. The fourth-order valence-corrected chi connectivity index (χ4v) is 3.35. The molecule has 0 spiro atoms. The second kappa shape index (κ2) is 7.99. The topological polar surface area (TPSA) is 146 Å². The molecular formula is C17H15ClN6O4S. The zero-order valence-corrected chi connectivity index (χ0v) is 16.6. The molecule has 0 saturated carbocycles. The molecule has 0 aliphatic rings. The number of benzene rings is 2. The third kappa shape index (κ3) is 4.42. The van der Waals surface area contributed by atoms with Gasteiger partial charge >= 0.3 is 0 Å². The van der Waals surface area contributed by atoms with Gasteiger partial charge in [0.05, 0.1) is 33.0 Å². The number of hydrogen-bond acceptors (Lipinski definition) is 7. The predicted octanol–water partition coefficient (Wildman–Crippen LogP) is 2.84. The van der Waals surface area contributed by atoms with Gasteiger partial charge in [-0.3, -0.25) is 15.5 Å². The summed E-state index contributed by atoms with van der Waals surface area (Å²) < 4.78 is 24.3. The van der Waals surface area contributed by atoms with Crippen LogP contribution in [-0.4, -0.2) is 29.3 Å². The summed E-state index contributed by atoms with van der Waals surface area (Å²) in [6.45, 7) is 1.75. The number of nitrogens with two attached hydrogens (primary N) is 1. The van der Waals surface area contributed by atoms with Crippen LogP contribution in [0, 0.1) is 17.0 Å². The summed E-state index contributed by atoms with van der Waals surface area (Å²) in [5.41, 5.74) is 3.91. The van der Waals surface area contributed by atoms with Gasteiger partial charge in [0, 0.05) is 6.07 Å². The molecule has 3 aromatic rings. The second-order valence-corrected chi connectivity index (χ2v) is 7.81. The molecule has 0 aliphatic heterocycles. The van der Waals surface area contributed by atoms with Crippen LogP contribution in [0.5, 0.6) is 0 Å². The Bertz CT molecular complexity index is 1210. The van der Waals surface area contributed by atoms with Gasteiger partial charge in [-0.05, 0) is 31.2 Å². The number of rotatable bonds is 6. The zero-order chi connectivity index (χ0) is 21.2. The van der Waals surface area contributed by atoms with Crippen molar-refractivity contribution in [2.45, 2.75) is 11.8 Å². The van der Waals surface area contributed by atoms with E-state index in [1.165, 1.54) is 12.3 Å². The lowest BCUT2D eigenvalue weighted by molar-refractivity contribution is -0.384. The number of nitrogens with zero attached hydrogens (tertiary/aromatic N) is 4. The van der Waals surface area contributed by atoms with Crippen LogP contribution < -0.4 is 10.6 Å². The van der Waals surface area contributed by atoms with Gasteiger partial charge in [0.15, 0.2) is 0 Å². The number of nitro benzene ring substituents is 1. The Morgan fingerprint density at radius 1 is 1.28 bits per heavy atom. The lowest BCUT2D eigenvalue weighted by Gasteiger charge is -2.04. The van der Waals surface area contributed by atoms with E-state index >= 15 is 0 Å². The number of halogens is 1. The van der Waals surface area contributed by atoms with Crippen LogP contribution in [0.1, 0.15) is 11.3 Å². The molecule has 150 valence electrons. The third-order valence-electron chi connectivity index (χ3n) is 3.92. The SMILES string of the molecule is Cc1nn(-c2ccccc2)c(Cl)c1C=NNc1ccc(S(N)(=O)=O)cc1[N+](=O)[O-]. The molecule has 0 radical (unpaired) electrons. The lowest BCUT2D eigenvalue weighted by Crippen LogP contribution is -2.12. The fourth-order valence-electron chi connectivity index (χ4n) is 2.50. The summed E-state index contributed by atoms with van der Waals surface area (Å²) in [6, 6.07) is 12.5. The lowest BCUT2D eigenvalue weighted by atomic mass is 10.3. The number of aromatic nitrogens is 2. The van der Waals surface area contributed by atoms with Gasteiger partial charge in [0.2, 0.25) is 10.0 Å². The highest BCUT2D eigenvalue weighted by Gasteiger charge is 2.19. The predicted molar refractivity (Wildman–Crippen MR) is 109 cm³/mol. The van der Waals surface area contributed by atoms with Crippen LogP contribution in [0.3, 0.4) is 0 Å². The van der Waals surface area contributed by atoms with Gasteiger partial charge in [-0.1, -0.05) is 29.8 Å². The first-order chi connectivity index (χ1) is 13.7. The average Bonchev–Trinajstić information content (AvgIpc) is 2.96. The molecule has 12 heteroatoms. The summed E-state index contributed by atoms with van der Waals surface area (Å²) in [5.74, 6) is 0. The zero-order valence-electron chi connectivity index (χ0n) is 15.0. The van der Waals surface area contributed by atoms with E-state index in [1.54, 1.807) is 11.6 Å². The van der Waals surface area contributed by atoms with Gasteiger partial charge in [-0.2, -0.15) is 10.2 Å². The minimum Gasteiger partial charge on any atom is -0.272 e. The number of aryl methyl sites for hydroxylation is 1. The monoisotopic (exact) mass is 434 g/mol. The largest absolute Gasteiger partial charge is 0.295 e. The first-order valence-electron chi connectivity index (χ1n) is 8.09. The van der Waals surface area contributed by atoms with Crippen LogP contribution in [0.2, 0.25) is 5.15 Å². The van der Waals surface area contributed by atoms with Gasteiger partial charge < -0.3 is 0 Å². The number of hydrazone groups is 1. The molecule has 2 aromatic carbocycles. The molecule has 3 N–H and O–H groups in total. The van der Waals surface area contributed by atoms with Crippen molar-refractivity contribution in [3.8, 4) is 5.69 Å². The maximum absolute atomic E-state index is 11.4. The third-order valence-corrected chi connectivity index (χ3v) is 5.20. The number of primary sulfonamides is 1. The highest BCUT2D eigenvalue weighted by molar-refractivity contribution is 7.89. The minimum atomic E-state index is -4.07. The van der Waals surface area contributed by atoms with Crippen LogP contribution >= 0.6 is 11.6 Å². The number of sulfonamides is 1. The molecule has 3 rings (SSSR count). The molecule has 0 unspecified atom stereocenters. The number of para-hydroxylation sites is 1. The van der Waals surface area contributed by atoms with Gasteiger partial charge in [-0.15, -0.1) is 0 Å². The number of hydrogen-bond donors (Lipinski definition) is 2. The molecule has 0 saturated heterocycles. The van der Waals surface area contributed by atoms with Crippen LogP contribution in [0.4, 0.5) is 11.4 Å². The van der Waals surface area contributed by atoms with Crippen molar-refractivity contribution < 1.29 is 13.3 Å². The quantitative estimate of drug-likeness (QED) is 0.346. The molecule has 10 nitrogen and oxygen atoms in total. The standard InChI is InChI=1S/C17H15ClN6O4S/c1-11-14(17(18)23(22-11)12-5-3-2-4-6-12)10-20-21-15-8-7-13(29(19,27)28)9-16(15)24(25)26/h2-10,21H,1H3,(H2,19,27,28). The molecule has 0 amide bonds. The normalized spacial score (nSPS) is 11.7. The maximum Gasteiger partial charge on any atom is 0.295 e. The maximum atomic E-state index is 11.4. The number of nitro groups is 1. The molecule has 0 aliphatic carbocycles. The molecule has 29 heavy (non-hydrogen) atoms. The Balaban J connectivity index is 1.89. The van der Waals surface area contributed by atoms with Crippen LogP contribution in [-0.2, 0) is 10.0 Å². The van der Waals surface area contributed by atoms with Crippen molar-refractivity contribution in [3.05, 3.63) is 75.1 Å². The number of anilines is 1. The Morgan fingerprint density at radius 2 is 1.97 bits per heavy atom. The van der Waals surface area contributed by atoms with E-state index in [0.717, 1.165) is 17.8 Å². The van der Waals surface area contributed by atoms with Crippen molar-refractivity contribution in [3.63, 3.8) is 0 Å². The first kappa shape index (κ1) is 20.5. The molecule has 1 aromatic heterocycles. The van der Waals surface area contributed by atoms with E-state index < -0.39 is 20.6 Å². The summed E-state index contributed by atoms with van der Waals surface area (Å²) in [5, 5.41) is 24.9. The van der Waals surface area contributed by atoms with E-state index in [0.29, 0.717) is 16.4 Å². The molecule has 0 fully saturated rings. The van der Waals surface area contributed by atoms with Crippen molar-refractivity contribution in [1.82, 2.24) is 9.78 Å². The molecule has 1 heterocycles. The van der Waals surface area contributed by atoms with Gasteiger partial charge in [-0.25, -0.2) is 18.2 Å². The van der Waals surface area contributed by atoms with E-state index in [-0.39, 0.29) is 10.6 Å². The van der Waals surface area contributed by atoms with Gasteiger partial charge in [0.1, 0.15) is 10.8 Å². The summed E-state index contributed by atoms with van der Waals surface area (Å²) in [4.78, 5) is 10.1. The summed E-state index contributed by atoms with van der Waals surface area (Å²) >= 11 is 6.39. The number of nitrogens with one attached hydrogen (secondary N) is 1. The van der Waals surface area contributed by atoms with Crippen LogP contribution in [0.15, 0.2) is 58.5 Å². The van der Waals surface area contributed by atoms with Crippen molar-refractivity contribution in [1.29, 1.82) is 0 Å². The van der Waals surface area contributed by atoms with Crippen molar-refractivity contribution in [2.75, 3.05) is 5.43 Å². The van der Waals surface area contributed by atoms with E-state index in [9.17, 15) is 18.5 Å². The fraction of sp³-hybridized carbons (Fsp3) is 0.0588. The van der Waals surface area contributed by atoms with Gasteiger partial charge in [0.25, 0.3) is 5.69 Å². The highest BCUT2D eigenvalue weighted by atomic mass is 35.5.